The smallest absolute Gasteiger partial charge is 0.332 e. The van der Waals surface area contributed by atoms with Crippen LogP contribution >= 0.6 is 0 Å². The number of nitrogens with zero attached hydrogens (tertiary/aromatic N) is 2. The predicted octanol–water partition coefficient (Wildman–Crippen LogP) is 1.66. The van der Waals surface area contributed by atoms with Gasteiger partial charge in [-0.05, 0) is 31.1 Å². The maximum Gasteiger partial charge on any atom is 0.332 e. The molecule has 0 radical (unpaired) electrons. The molecule has 0 atom stereocenters. The average Bonchev–Trinajstić information content (AvgIpc) is 3.11. The van der Waals surface area contributed by atoms with Crippen LogP contribution in [0.2, 0.25) is 0 Å². The van der Waals surface area contributed by atoms with E-state index in [9.17, 15) is 14.4 Å². The molecule has 2 aromatic rings. The van der Waals surface area contributed by atoms with Crippen molar-refractivity contribution in [3.05, 3.63) is 51.1 Å². The van der Waals surface area contributed by atoms with Gasteiger partial charge in [0, 0.05) is 19.2 Å². The van der Waals surface area contributed by atoms with Gasteiger partial charge in [0.2, 0.25) is 5.91 Å². The minimum absolute atomic E-state index is 0.0380. The quantitative estimate of drug-likeness (QED) is 0.740. The molecule has 0 saturated carbocycles. The van der Waals surface area contributed by atoms with E-state index in [-0.39, 0.29) is 18.1 Å². The summed E-state index contributed by atoms with van der Waals surface area (Å²) in [6.07, 6.45) is 5.46. The van der Waals surface area contributed by atoms with Crippen LogP contribution in [0.1, 0.15) is 32.4 Å². The van der Waals surface area contributed by atoms with Gasteiger partial charge in [0.25, 0.3) is 5.56 Å². The minimum atomic E-state index is -0.601. The van der Waals surface area contributed by atoms with Gasteiger partial charge < -0.3 is 15.5 Å². The normalized spacial score (nSPS) is 11.1. The summed E-state index contributed by atoms with van der Waals surface area (Å²) < 4.78 is 7.50. The second-order valence-electron chi connectivity index (χ2n) is 5.49. The third-order valence-corrected chi connectivity index (χ3v) is 3.55. The van der Waals surface area contributed by atoms with E-state index in [1.165, 1.54) is 23.0 Å². The van der Waals surface area contributed by atoms with Crippen LogP contribution in [0.25, 0.3) is 6.08 Å². The highest BCUT2D eigenvalue weighted by Gasteiger charge is 2.17. The van der Waals surface area contributed by atoms with Crippen LogP contribution in [0, 0.1) is 0 Å². The first-order valence-corrected chi connectivity index (χ1v) is 8.15. The summed E-state index contributed by atoms with van der Waals surface area (Å²) in [6, 6.07) is 3.38. The molecule has 0 bridgehead atoms. The zero-order valence-electron chi connectivity index (χ0n) is 14.3. The van der Waals surface area contributed by atoms with Crippen LogP contribution in [0.4, 0.5) is 11.5 Å². The molecule has 2 rings (SSSR count). The van der Waals surface area contributed by atoms with Crippen LogP contribution in [-0.4, -0.2) is 15.0 Å². The number of anilines is 2. The summed E-state index contributed by atoms with van der Waals surface area (Å²) in [6.45, 7) is 4.37. The van der Waals surface area contributed by atoms with Crippen molar-refractivity contribution in [3.8, 4) is 0 Å². The first-order valence-electron chi connectivity index (χ1n) is 8.15. The number of nitrogen functional groups attached to an aromatic ring is 1. The van der Waals surface area contributed by atoms with E-state index in [0.717, 1.165) is 4.57 Å². The molecule has 0 aliphatic rings. The van der Waals surface area contributed by atoms with E-state index in [2.05, 4.69) is 5.32 Å². The van der Waals surface area contributed by atoms with Crippen molar-refractivity contribution in [1.82, 2.24) is 9.13 Å². The number of amides is 1. The molecule has 2 heterocycles. The molecule has 3 N–H and O–H groups in total. The second-order valence-corrected chi connectivity index (χ2v) is 5.49. The molecule has 0 spiro atoms. The Kier molecular flexibility index (Phi) is 5.99. The molecule has 0 aliphatic heterocycles. The lowest BCUT2D eigenvalue weighted by Gasteiger charge is -2.16. The number of furan rings is 1. The number of carbonyl (C=O) groups is 1. The number of nitrogens with one attached hydrogen (secondary N) is 1. The highest BCUT2D eigenvalue weighted by Crippen LogP contribution is 2.12. The van der Waals surface area contributed by atoms with Crippen molar-refractivity contribution in [2.45, 2.75) is 39.8 Å². The van der Waals surface area contributed by atoms with Gasteiger partial charge in [-0.25, -0.2) is 4.79 Å². The molecule has 134 valence electrons. The molecular weight excluding hydrogens is 324 g/mol. The van der Waals surface area contributed by atoms with Gasteiger partial charge in [0.1, 0.15) is 17.3 Å². The van der Waals surface area contributed by atoms with Crippen molar-refractivity contribution in [1.29, 1.82) is 0 Å². The van der Waals surface area contributed by atoms with E-state index in [1.54, 1.807) is 12.1 Å². The average molecular weight is 346 g/mol. The molecule has 8 nitrogen and oxygen atoms in total. The van der Waals surface area contributed by atoms with E-state index >= 15 is 0 Å². The Morgan fingerprint density at radius 3 is 2.52 bits per heavy atom. The van der Waals surface area contributed by atoms with Crippen LogP contribution < -0.4 is 22.3 Å². The van der Waals surface area contributed by atoms with Crippen LogP contribution in [0.15, 0.2) is 38.5 Å². The number of hydrogen-bond donors (Lipinski definition) is 2. The zero-order chi connectivity index (χ0) is 18.4. The Balaban J connectivity index is 2.40. The standard InChI is InChI=1S/C17H22N4O4/c1-3-9-20-15(18)14(16(23)21(10-4-2)17(20)24)19-13(22)8-7-12-6-5-11-25-12/h5-8,11H,3-4,9-10,18H2,1-2H3,(H,19,22). The van der Waals surface area contributed by atoms with E-state index in [1.807, 2.05) is 13.8 Å². The maximum absolute atomic E-state index is 12.5. The summed E-state index contributed by atoms with van der Waals surface area (Å²) in [5.74, 6) is -0.0728. The lowest BCUT2D eigenvalue weighted by atomic mass is 10.3. The van der Waals surface area contributed by atoms with E-state index in [0.29, 0.717) is 25.1 Å². The Morgan fingerprint density at radius 1 is 1.24 bits per heavy atom. The van der Waals surface area contributed by atoms with Gasteiger partial charge in [-0.1, -0.05) is 13.8 Å². The summed E-state index contributed by atoms with van der Waals surface area (Å²) in [5, 5.41) is 2.48. The number of carbonyl (C=O) groups excluding carboxylic acids is 1. The molecule has 1 amide bonds. The highest BCUT2D eigenvalue weighted by atomic mass is 16.3. The molecule has 0 fully saturated rings. The second kappa shape index (κ2) is 8.18. The van der Waals surface area contributed by atoms with Gasteiger partial charge in [-0.3, -0.25) is 18.7 Å². The molecule has 0 unspecified atom stereocenters. The first kappa shape index (κ1) is 18.3. The van der Waals surface area contributed by atoms with Crippen molar-refractivity contribution in [2.75, 3.05) is 11.1 Å². The molecule has 25 heavy (non-hydrogen) atoms. The Hall–Kier alpha value is -3.03. The molecule has 0 saturated heterocycles. The number of aromatic nitrogens is 2. The Labute approximate surface area is 144 Å². The summed E-state index contributed by atoms with van der Waals surface area (Å²) in [4.78, 5) is 37.1. The zero-order valence-corrected chi connectivity index (χ0v) is 14.3. The largest absolute Gasteiger partial charge is 0.465 e. The monoisotopic (exact) mass is 346 g/mol. The number of nitrogens with two attached hydrogens (primary N) is 1. The Morgan fingerprint density at radius 2 is 1.92 bits per heavy atom. The summed E-state index contributed by atoms with van der Waals surface area (Å²) >= 11 is 0. The topological polar surface area (TPSA) is 112 Å². The van der Waals surface area contributed by atoms with Crippen molar-refractivity contribution in [3.63, 3.8) is 0 Å². The third kappa shape index (κ3) is 4.09. The van der Waals surface area contributed by atoms with Crippen molar-refractivity contribution in [2.24, 2.45) is 0 Å². The first-order chi connectivity index (χ1) is 12.0. The SMILES string of the molecule is CCCn1c(N)c(NC(=O)C=Cc2ccco2)c(=O)n(CCC)c1=O. The van der Waals surface area contributed by atoms with E-state index in [4.69, 9.17) is 10.2 Å². The summed E-state index contributed by atoms with van der Waals surface area (Å²) in [7, 11) is 0. The van der Waals surface area contributed by atoms with Crippen molar-refractivity contribution < 1.29 is 9.21 Å². The molecule has 0 aromatic carbocycles. The molecular formula is C17H22N4O4. The summed E-state index contributed by atoms with van der Waals surface area (Å²) in [5.41, 5.74) is 4.82. The molecule has 2 aromatic heterocycles. The minimum Gasteiger partial charge on any atom is -0.465 e. The van der Waals surface area contributed by atoms with Crippen molar-refractivity contribution >= 4 is 23.5 Å². The molecule has 8 heteroatoms. The number of rotatable bonds is 7. The van der Waals surface area contributed by atoms with Crippen LogP contribution in [0.5, 0.6) is 0 Å². The fourth-order valence-corrected chi connectivity index (χ4v) is 2.40. The third-order valence-electron chi connectivity index (χ3n) is 3.55. The lowest BCUT2D eigenvalue weighted by Crippen LogP contribution is -2.42. The van der Waals surface area contributed by atoms with Gasteiger partial charge in [0.15, 0.2) is 0 Å². The molecule has 0 aliphatic carbocycles. The van der Waals surface area contributed by atoms with Crippen LogP contribution in [0.3, 0.4) is 0 Å². The van der Waals surface area contributed by atoms with Gasteiger partial charge >= 0.3 is 5.69 Å². The van der Waals surface area contributed by atoms with Gasteiger partial charge in [0.05, 0.1) is 6.26 Å². The maximum atomic E-state index is 12.5. The van der Waals surface area contributed by atoms with Gasteiger partial charge in [-0.15, -0.1) is 0 Å². The Bertz CT molecular complexity index is 875. The predicted molar refractivity (Wildman–Crippen MR) is 96.3 cm³/mol. The van der Waals surface area contributed by atoms with E-state index < -0.39 is 17.2 Å². The number of hydrogen-bond acceptors (Lipinski definition) is 5. The lowest BCUT2D eigenvalue weighted by molar-refractivity contribution is -0.111. The van der Waals surface area contributed by atoms with Crippen LogP contribution in [-0.2, 0) is 17.9 Å². The highest BCUT2D eigenvalue weighted by molar-refractivity contribution is 6.02. The fourth-order valence-electron chi connectivity index (χ4n) is 2.40. The van der Waals surface area contributed by atoms with Gasteiger partial charge in [-0.2, -0.15) is 0 Å². The fraction of sp³-hybridized carbons (Fsp3) is 0.353.